The Balaban J connectivity index is 1.63. The van der Waals surface area contributed by atoms with E-state index in [0.717, 1.165) is 47.4 Å². The summed E-state index contributed by atoms with van der Waals surface area (Å²) in [5.41, 5.74) is 3.23. The number of amides is 2. The van der Waals surface area contributed by atoms with E-state index in [4.69, 9.17) is 0 Å². The number of carboxylic acid groups (broad SMARTS) is 1. The van der Waals surface area contributed by atoms with Gasteiger partial charge in [0.05, 0.1) is 17.4 Å². The number of allylic oxidation sites excluding steroid dienone is 2. The van der Waals surface area contributed by atoms with E-state index in [2.05, 4.69) is 10.6 Å². The fraction of sp³-hybridized carbons (Fsp3) is 0.375. The topological polar surface area (TPSA) is 95.5 Å². The number of benzene rings is 1. The molecule has 0 saturated heterocycles. The molecule has 1 aromatic heterocycles. The van der Waals surface area contributed by atoms with Crippen molar-refractivity contribution in [2.45, 2.75) is 45.4 Å². The fourth-order valence-corrected chi connectivity index (χ4v) is 5.66. The molecule has 0 radical (unpaired) electrons. The molecule has 2 aromatic rings. The highest BCUT2D eigenvalue weighted by Crippen LogP contribution is 2.39. The Bertz CT molecular complexity index is 1060. The zero-order chi connectivity index (χ0) is 22.0. The first-order valence-corrected chi connectivity index (χ1v) is 11.5. The minimum atomic E-state index is -0.965. The number of nitrogens with one attached hydrogen (secondary N) is 2. The first-order valence-electron chi connectivity index (χ1n) is 10.7. The zero-order valence-electron chi connectivity index (χ0n) is 17.4. The number of aryl methyl sites for hydroxylation is 2. The van der Waals surface area contributed by atoms with Crippen LogP contribution in [0.4, 0.5) is 10.7 Å². The molecule has 0 bridgehead atoms. The highest BCUT2D eigenvalue weighted by Gasteiger charge is 2.35. The van der Waals surface area contributed by atoms with Crippen molar-refractivity contribution in [2.75, 3.05) is 10.6 Å². The maximum absolute atomic E-state index is 13.3. The number of aliphatic carboxylic acids is 1. The van der Waals surface area contributed by atoms with Crippen LogP contribution in [-0.2, 0) is 22.4 Å². The molecular weight excluding hydrogens is 412 g/mol. The molecule has 2 aliphatic carbocycles. The molecule has 0 spiro atoms. The third-order valence-corrected chi connectivity index (χ3v) is 7.32. The molecule has 2 atom stereocenters. The molecule has 7 heteroatoms. The van der Waals surface area contributed by atoms with Crippen molar-refractivity contribution in [3.8, 4) is 0 Å². The number of anilines is 2. The van der Waals surface area contributed by atoms with Crippen molar-refractivity contribution >= 4 is 39.8 Å². The summed E-state index contributed by atoms with van der Waals surface area (Å²) < 4.78 is 0. The third kappa shape index (κ3) is 4.42. The quantitative estimate of drug-likeness (QED) is 0.585. The van der Waals surface area contributed by atoms with Gasteiger partial charge >= 0.3 is 5.97 Å². The lowest BCUT2D eigenvalue weighted by Crippen LogP contribution is -2.35. The van der Waals surface area contributed by atoms with E-state index in [-0.39, 0.29) is 11.8 Å². The van der Waals surface area contributed by atoms with Crippen LogP contribution in [0, 0.1) is 18.8 Å². The molecule has 1 aromatic carbocycles. The lowest BCUT2D eigenvalue weighted by molar-refractivity contribution is -0.146. The second-order valence-corrected chi connectivity index (χ2v) is 9.27. The summed E-state index contributed by atoms with van der Waals surface area (Å²) in [5.74, 6) is -2.92. The van der Waals surface area contributed by atoms with Gasteiger partial charge < -0.3 is 15.7 Å². The SMILES string of the molecule is Cc1ccccc1NC(=O)c1c(NC(=O)[C@@H]2CC=CC[C@@H]2C(=O)O)sc2c1CCCC2. The molecule has 2 amide bonds. The van der Waals surface area contributed by atoms with Crippen LogP contribution in [-0.4, -0.2) is 22.9 Å². The third-order valence-electron chi connectivity index (χ3n) is 6.11. The van der Waals surface area contributed by atoms with E-state index < -0.39 is 17.8 Å². The average molecular weight is 439 g/mol. The van der Waals surface area contributed by atoms with Crippen molar-refractivity contribution in [3.05, 3.63) is 58.0 Å². The van der Waals surface area contributed by atoms with Crippen LogP contribution in [0.2, 0.25) is 0 Å². The van der Waals surface area contributed by atoms with Crippen molar-refractivity contribution < 1.29 is 19.5 Å². The molecule has 1 heterocycles. The van der Waals surface area contributed by atoms with Gasteiger partial charge in [-0.2, -0.15) is 0 Å². The van der Waals surface area contributed by atoms with Gasteiger partial charge in [-0.15, -0.1) is 11.3 Å². The van der Waals surface area contributed by atoms with Crippen LogP contribution < -0.4 is 10.6 Å². The fourth-order valence-electron chi connectivity index (χ4n) is 4.37. The van der Waals surface area contributed by atoms with E-state index in [1.165, 1.54) is 11.3 Å². The van der Waals surface area contributed by atoms with E-state index in [1.54, 1.807) is 0 Å². The van der Waals surface area contributed by atoms with Crippen molar-refractivity contribution in [1.82, 2.24) is 0 Å². The number of carbonyl (C=O) groups is 3. The molecule has 3 N–H and O–H groups in total. The molecule has 2 aliphatic rings. The largest absolute Gasteiger partial charge is 0.481 e. The van der Waals surface area contributed by atoms with Gasteiger partial charge in [0.25, 0.3) is 5.91 Å². The monoisotopic (exact) mass is 438 g/mol. The maximum Gasteiger partial charge on any atom is 0.307 e. The van der Waals surface area contributed by atoms with Crippen LogP contribution >= 0.6 is 11.3 Å². The molecule has 4 rings (SSSR count). The minimum Gasteiger partial charge on any atom is -0.481 e. The van der Waals surface area contributed by atoms with Crippen LogP contribution in [0.5, 0.6) is 0 Å². The Morgan fingerprint density at radius 1 is 1.00 bits per heavy atom. The molecular formula is C24H26N2O4S. The van der Waals surface area contributed by atoms with Crippen LogP contribution in [0.3, 0.4) is 0 Å². The predicted molar refractivity (Wildman–Crippen MR) is 122 cm³/mol. The second-order valence-electron chi connectivity index (χ2n) is 8.17. The summed E-state index contributed by atoms with van der Waals surface area (Å²) in [6.07, 6.45) is 8.17. The summed E-state index contributed by atoms with van der Waals surface area (Å²) in [4.78, 5) is 39.1. The van der Waals surface area contributed by atoms with Crippen molar-refractivity contribution in [3.63, 3.8) is 0 Å². The normalized spacial score (nSPS) is 20.0. The van der Waals surface area contributed by atoms with Gasteiger partial charge in [0.2, 0.25) is 5.91 Å². The molecule has 0 saturated carbocycles. The van der Waals surface area contributed by atoms with Crippen LogP contribution in [0.1, 0.15) is 52.0 Å². The Labute approximate surface area is 185 Å². The van der Waals surface area contributed by atoms with Gasteiger partial charge in [-0.1, -0.05) is 30.4 Å². The van der Waals surface area contributed by atoms with Gasteiger partial charge in [0.15, 0.2) is 0 Å². The number of carboxylic acids is 1. The van der Waals surface area contributed by atoms with Gasteiger partial charge in [-0.3, -0.25) is 14.4 Å². The number of hydrogen-bond donors (Lipinski definition) is 3. The minimum absolute atomic E-state index is 0.234. The number of fused-ring (bicyclic) bond motifs is 1. The summed E-state index contributed by atoms with van der Waals surface area (Å²) in [6, 6.07) is 7.58. The summed E-state index contributed by atoms with van der Waals surface area (Å²) in [7, 11) is 0. The Kier molecular flexibility index (Phi) is 6.23. The first kappa shape index (κ1) is 21.3. The van der Waals surface area contributed by atoms with Gasteiger partial charge in [-0.25, -0.2) is 0 Å². The standard InChI is InChI=1S/C24H26N2O4S/c1-14-8-2-6-12-18(14)25-22(28)20-17-11-5-7-13-19(17)31-23(20)26-21(27)15-9-3-4-10-16(15)24(29)30/h2-4,6,8,12,15-16H,5,7,9-11,13H2,1H3,(H,25,28)(H,26,27)(H,29,30)/t15-,16+/m1/s1. The van der Waals surface area contributed by atoms with Crippen LogP contribution in [0.25, 0.3) is 0 Å². The van der Waals surface area contributed by atoms with E-state index >= 15 is 0 Å². The number of thiophene rings is 1. The number of para-hydroxylation sites is 1. The Morgan fingerprint density at radius 2 is 1.71 bits per heavy atom. The number of rotatable bonds is 5. The number of carbonyl (C=O) groups excluding carboxylic acids is 2. The molecule has 31 heavy (non-hydrogen) atoms. The summed E-state index contributed by atoms with van der Waals surface area (Å²) in [5, 5.41) is 16.0. The maximum atomic E-state index is 13.3. The Morgan fingerprint density at radius 3 is 2.45 bits per heavy atom. The molecule has 0 unspecified atom stereocenters. The molecule has 0 aliphatic heterocycles. The molecule has 0 fully saturated rings. The summed E-state index contributed by atoms with van der Waals surface area (Å²) >= 11 is 1.45. The lowest BCUT2D eigenvalue weighted by atomic mass is 9.82. The molecule has 162 valence electrons. The zero-order valence-corrected chi connectivity index (χ0v) is 18.3. The van der Waals surface area contributed by atoms with Gasteiger partial charge in [0, 0.05) is 10.6 Å². The second kappa shape index (κ2) is 9.06. The van der Waals surface area contributed by atoms with Crippen molar-refractivity contribution in [1.29, 1.82) is 0 Å². The van der Waals surface area contributed by atoms with Crippen molar-refractivity contribution in [2.24, 2.45) is 11.8 Å². The lowest BCUT2D eigenvalue weighted by Gasteiger charge is -2.24. The number of hydrogen-bond acceptors (Lipinski definition) is 4. The van der Waals surface area contributed by atoms with E-state index in [0.29, 0.717) is 23.4 Å². The van der Waals surface area contributed by atoms with E-state index in [9.17, 15) is 19.5 Å². The Hall–Kier alpha value is -2.93. The van der Waals surface area contributed by atoms with Crippen LogP contribution in [0.15, 0.2) is 36.4 Å². The molecule has 6 nitrogen and oxygen atoms in total. The average Bonchev–Trinajstić information content (AvgIpc) is 3.13. The highest BCUT2D eigenvalue weighted by atomic mass is 32.1. The smallest absolute Gasteiger partial charge is 0.307 e. The van der Waals surface area contributed by atoms with E-state index in [1.807, 2.05) is 43.3 Å². The summed E-state index contributed by atoms with van der Waals surface area (Å²) in [6.45, 7) is 1.93. The predicted octanol–water partition coefficient (Wildman–Crippen LogP) is 4.79. The van der Waals surface area contributed by atoms with Gasteiger partial charge in [0.1, 0.15) is 5.00 Å². The van der Waals surface area contributed by atoms with Gasteiger partial charge in [-0.05, 0) is 62.6 Å². The highest BCUT2D eigenvalue weighted by molar-refractivity contribution is 7.17. The first-order chi connectivity index (χ1) is 15.0.